The Balaban J connectivity index is 1.99. The van der Waals surface area contributed by atoms with Crippen LogP contribution in [0.5, 0.6) is 17.2 Å². The fourth-order valence-corrected chi connectivity index (χ4v) is 1.68. The first kappa shape index (κ1) is 12.5. The maximum Gasteiger partial charge on any atom is 0.127 e. The highest BCUT2D eigenvalue weighted by atomic mass is 16.5. The maximum absolute atomic E-state index is 9.18. The lowest BCUT2D eigenvalue weighted by molar-refractivity contribution is 0.464. The van der Waals surface area contributed by atoms with Crippen LogP contribution in [0, 0.1) is 0 Å². The van der Waals surface area contributed by atoms with Gasteiger partial charge in [-0.1, -0.05) is 12.1 Å². The summed E-state index contributed by atoms with van der Waals surface area (Å²) < 4.78 is 5.66. The average Bonchev–Trinajstić information content (AvgIpc) is 2.41. The average molecular weight is 243 g/mol. The van der Waals surface area contributed by atoms with Gasteiger partial charge in [-0.3, -0.25) is 0 Å². The molecule has 0 aromatic heterocycles. The number of ether oxygens (including phenoxy) is 1. The molecule has 0 atom stereocenters. The highest BCUT2D eigenvalue weighted by Gasteiger charge is 1.98. The van der Waals surface area contributed by atoms with Gasteiger partial charge in [0, 0.05) is 0 Å². The summed E-state index contributed by atoms with van der Waals surface area (Å²) in [6.07, 6.45) is 1.99. The van der Waals surface area contributed by atoms with E-state index in [9.17, 15) is 5.11 Å². The second kappa shape index (κ2) is 6.07. The Bertz CT molecular complexity index is 477. The summed E-state index contributed by atoms with van der Waals surface area (Å²) >= 11 is 0. The molecule has 0 heterocycles. The molecule has 0 aliphatic rings. The fourth-order valence-electron chi connectivity index (χ4n) is 1.68. The van der Waals surface area contributed by atoms with E-state index in [4.69, 9.17) is 10.5 Å². The number of hydrogen-bond acceptors (Lipinski definition) is 3. The van der Waals surface area contributed by atoms with E-state index >= 15 is 0 Å². The molecule has 0 spiro atoms. The van der Waals surface area contributed by atoms with Crippen LogP contribution in [0.1, 0.15) is 12.0 Å². The molecule has 2 aromatic carbocycles. The predicted octanol–water partition coefficient (Wildman–Crippen LogP) is 3.08. The third-order valence-electron chi connectivity index (χ3n) is 2.67. The van der Waals surface area contributed by atoms with E-state index < -0.39 is 0 Å². The van der Waals surface area contributed by atoms with E-state index in [1.54, 1.807) is 24.3 Å². The molecule has 0 radical (unpaired) electrons. The van der Waals surface area contributed by atoms with Crippen LogP contribution in [0.2, 0.25) is 0 Å². The van der Waals surface area contributed by atoms with Crippen molar-refractivity contribution >= 4 is 0 Å². The second-order valence-electron chi connectivity index (χ2n) is 4.13. The first-order chi connectivity index (χ1) is 8.78. The fraction of sp³-hybridized carbons (Fsp3) is 0.200. The standard InChI is InChI=1S/C15H17NO2/c16-11-1-2-12-3-7-14(8-4-12)18-15-9-5-13(17)6-10-15/h3-10,17H,1-2,11,16H2. The van der Waals surface area contributed by atoms with Gasteiger partial charge in [0.15, 0.2) is 0 Å². The highest BCUT2D eigenvalue weighted by Crippen LogP contribution is 2.23. The highest BCUT2D eigenvalue weighted by molar-refractivity contribution is 5.35. The second-order valence-corrected chi connectivity index (χ2v) is 4.13. The monoisotopic (exact) mass is 243 g/mol. The van der Waals surface area contributed by atoms with Gasteiger partial charge >= 0.3 is 0 Å². The summed E-state index contributed by atoms with van der Waals surface area (Å²) in [6.45, 7) is 0.714. The molecule has 3 nitrogen and oxygen atoms in total. The Morgan fingerprint density at radius 1 is 0.889 bits per heavy atom. The van der Waals surface area contributed by atoms with Crippen molar-refractivity contribution in [3.8, 4) is 17.2 Å². The van der Waals surface area contributed by atoms with Gasteiger partial charge in [0.1, 0.15) is 17.2 Å². The van der Waals surface area contributed by atoms with Crippen molar-refractivity contribution in [2.24, 2.45) is 5.73 Å². The molecule has 94 valence electrons. The Kier molecular flexibility index (Phi) is 4.20. The van der Waals surface area contributed by atoms with Crippen LogP contribution in [-0.2, 0) is 6.42 Å². The number of aromatic hydroxyl groups is 1. The molecule has 0 saturated heterocycles. The van der Waals surface area contributed by atoms with Crippen molar-refractivity contribution in [1.29, 1.82) is 0 Å². The Labute approximate surface area is 107 Å². The molecule has 0 aliphatic heterocycles. The quantitative estimate of drug-likeness (QED) is 0.848. The number of rotatable bonds is 5. The molecule has 3 N–H and O–H groups in total. The van der Waals surface area contributed by atoms with Gasteiger partial charge in [-0.2, -0.15) is 0 Å². The van der Waals surface area contributed by atoms with Crippen molar-refractivity contribution in [2.45, 2.75) is 12.8 Å². The molecule has 2 aromatic rings. The zero-order chi connectivity index (χ0) is 12.8. The van der Waals surface area contributed by atoms with Crippen LogP contribution in [0.4, 0.5) is 0 Å². The van der Waals surface area contributed by atoms with Gasteiger partial charge < -0.3 is 15.6 Å². The first-order valence-corrected chi connectivity index (χ1v) is 6.04. The van der Waals surface area contributed by atoms with Crippen LogP contribution in [-0.4, -0.2) is 11.7 Å². The van der Waals surface area contributed by atoms with Crippen LogP contribution < -0.4 is 10.5 Å². The smallest absolute Gasteiger partial charge is 0.127 e. The van der Waals surface area contributed by atoms with E-state index in [-0.39, 0.29) is 5.75 Å². The van der Waals surface area contributed by atoms with E-state index in [0.717, 1.165) is 18.6 Å². The van der Waals surface area contributed by atoms with Gasteiger partial charge in [0.25, 0.3) is 0 Å². The largest absolute Gasteiger partial charge is 0.508 e. The Hall–Kier alpha value is -2.00. The predicted molar refractivity (Wildman–Crippen MR) is 72.0 cm³/mol. The normalized spacial score (nSPS) is 10.3. The van der Waals surface area contributed by atoms with Crippen molar-refractivity contribution < 1.29 is 9.84 Å². The number of phenols is 1. The maximum atomic E-state index is 9.18. The lowest BCUT2D eigenvalue weighted by Gasteiger charge is -2.06. The molecular weight excluding hydrogens is 226 g/mol. The minimum absolute atomic E-state index is 0.236. The van der Waals surface area contributed by atoms with Gasteiger partial charge in [0.05, 0.1) is 0 Å². The van der Waals surface area contributed by atoms with Crippen molar-refractivity contribution in [2.75, 3.05) is 6.54 Å². The number of benzene rings is 2. The van der Waals surface area contributed by atoms with Crippen molar-refractivity contribution in [3.05, 3.63) is 54.1 Å². The van der Waals surface area contributed by atoms with Crippen molar-refractivity contribution in [1.82, 2.24) is 0 Å². The summed E-state index contributed by atoms with van der Waals surface area (Å²) in [7, 11) is 0. The third kappa shape index (κ3) is 3.50. The number of hydrogen-bond donors (Lipinski definition) is 2. The van der Waals surface area contributed by atoms with Crippen LogP contribution in [0.15, 0.2) is 48.5 Å². The molecule has 0 fully saturated rings. The summed E-state index contributed by atoms with van der Waals surface area (Å²) in [6, 6.07) is 14.7. The van der Waals surface area contributed by atoms with Crippen molar-refractivity contribution in [3.63, 3.8) is 0 Å². The minimum atomic E-state index is 0.236. The molecule has 0 aliphatic carbocycles. The molecule has 0 bridgehead atoms. The molecule has 0 amide bonds. The van der Waals surface area contributed by atoms with Gasteiger partial charge in [-0.25, -0.2) is 0 Å². The molecule has 2 rings (SSSR count). The lowest BCUT2D eigenvalue weighted by Crippen LogP contribution is -2.00. The van der Waals surface area contributed by atoms with E-state index in [1.807, 2.05) is 24.3 Å². The number of aryl methyl sites for hydroxylation is 1. The lowest BCUT2D eigenvalue weighted by atomic mass is 10.1. The van der Waals surface area contributed by atoms with E-state index in [2.05, 4.69) is 0 Å². The number of phenolic OH excluding ortho intramolecular Hbond substituents is 1. The molecular formula is C15H17NO2. The third-order valence-corrected chi connectivity index (χ3v) is 2.67. The van der Waals surface area contributed by atoms with Crippen LogP contribution in [0.3, 0.4) is 0 Å². The molecule has 0 saturated carbocycles. The molecule has 0 unspecified atom stereocenters. The van der Waals surface area contributed by atoms with E-state index in [0.29, 0.717) is 12.3 Å². The van der Waals surface area contributed by atoms with Crippen LogP contribution in [0.25, 0.3) is 0 Å². The summed E-state index contributed by atoms with van der Waals surface area (Å²) in [5.41, 5.74) is 6.74. The zero-order valence-corrected chi connectivity index (χ0v) is 10.2. The summed E-state index contributed by atoms with van der Waals surface area (Å²) in [4.78, 5) is 0. The Morgan fingerprint density at radius 3 is 2.00 bits per heavy atom. The van der Waals surface area contributed by atoms with Gasteiger partial charge in [0.2, 0.25) is 0 Å². The first-order valence-electron chi connectivity index (χ1n) is 6.04. The van der Waals surface area contributed by atoms with Gasteiger partial charge in [-0.15, -0.1) is 0 Å². The molecule has 18 heavy (non-hydrogen) atoms. The van der Waals surface area contributed by atoms with E-state index in [1.165, 1.54) is 5.56 Å². The summed E-state index contributed by atoms with van der Waals surface area (Å²) in [5, 5.41) is 9.18. The molecule has 3 heteroatoms. The minimum Gasteiger partial charge on any atom is -0.508 e. The topological polar surface area (TPSA) is 55.5 Å². The Morgan fingerprint density at radius 2 is 1.44 bits per heavy atom. The summed E-state index contributed by atoms with van der Waals surface area (Å²) in [5.74, 6) is 1.74. The van der Waals surface area contributed by atoms with Gasteiger partial charge in [-0.05, 0) is 61.3 Å². The van der Waals surface area contributed by atoms with Crippen LogP contribution >= 0.6 is 0 Å². The number of nitrogens with two attached hydrogens (primary N) is 1. The zero-order valence-electron chi connectivity index (χ0n) is 10.2. The SMILES string of the molecule is NCCCc1ccc(Oc2ccc(O)cc2)cc1.